The topological polar surface area (TPSA) is 127 Å². The Morgan fingerprint density at radius 3 is 2.67 bits per heavy atom. The van der Waals surface area contributed by atoms with Crippen molar-refractivity contribution in [2.45, 2.75) is 11.7 Å². The minimum atomic E-state index is -1.06. The molecule has 0 aromatic heterocycles. The molecule has 2 aromatic rings. The summed E-state index contributed by atoms with van der Waals surface area (Å²) in [5, 5.41) is 18.6. The predicted octanol–water partition coefficient (Wildman–Crippen LogP) is 2.31. The lowest BCUT2D eigenvalue weighted by molar-refractivity contribution is -0.138. The molecule has 2 aromatic carbocycles. The SMILES string of the molecule is COc1cc(/C=N\N=C2/NC(=O)[C@H](CC(=O)O)S2)ccc1OC(=O)c1ccccc1. The third-order valence-corrected chi connectivity index (χ3v) is 4.96. The number of carbonyl (C=O) groups is 3. The van der Waals surface area contributed by atoms with Crippen LogP contribution in [0.3, 0.4) is 0 Å². The highest BCUT2D eigenvalue weighted by atomic mass is 32.2. The van der Waals surface area contributed by atoms with E-state index in [9.17, 15) is 14.4 Å². The molecular formula is C20H17N3O6S. The molecule has 1 aliphatic heterocycles. The van der Waals surface area contributed by atoms with Gasteiger partial charge in [0.2, 0.25) is 5.91 Å². The molecule has 1 atom stereocenters. The van der Waals surface area contributed by atoms with Gasteiger partial charge in [0.05, 0.1) is 25.3 Å². The number of hydrogen-bond donors (Lipinski definition) is 2. The van der Waals surface area contributed by atoms with E-state index in [4.69, 9.17) is 14.6 Å². The molecule has 154 valence electrons. The maximum atomic E-state index is 12.2. The van der Waals surface area contributed by atoms with E-state index in [1.54, 1.807) is 48.5 Å². The number of amides is 1. The van der Waals surface area contributed by atoms with Crippen molar-refractivity contribution in [3.05, 3.63) is 59.7 Å². The minimum absolute atomic E-state index is 0.225. The third-order valence-electron chi connectivity index (χ3n) is 3.89. The smallest absolute Gasteiger partial charge is 0.343 e. The Balaban J connectivity index is 1.67. The molecule has 0 saturated carbocycles. The van der Waals surface area contributed by atoms with Gasteiger partial charge >= 0.3 is 11.9 Å². The Morgan fingerprint density at radius 2 is 1.97 bits per heavy atom. The molecule has 0 aliphatic carbocycles. The van der Waals surface area contributed by atoms with E-state index < -0.39 is 23.1 Å². The van der Waals surface area contributed by atoms with E-state index in [0.29, 0.717) is 16.9 Å². The third kappa shape index (κ3) is 5.45. The lowest BCUT2D eigenvalue weighted by Crippen LogP contribution is -2.26. The number of rotatable bonds is 7. The molecule has 0 bridgehead atoms. The molecule has 9 nitrogen and oxygen atoms in total. The van der Waals surface area contributed by atoms with Gasteiger partial charge in [0.25, 0.3) is 0 Å². The molecule has 30 heavy (non-hydrogen) atoms. The molecule has 1 fully saturated rings. The molecule has 1 heterocycles. The molecule has 1 saturated heterocycles. The lowest BCUT2D eigenvalue weighted by atomic mass is 10.2. The van der Waals surface area contributed by atoms with E-state index in [2.05, 4.69) is 15.5 Å². The summed E-state index contributed by atoms with van der Waals surface area (Å²) in [7, 11) is 1.45. The maximum Gasteiger partial charge on any atom is 0.343 e. The summed E-state index contributed by atoms with van der Waals surface area (Å²) in [6.45, 7) is 0. The van der Waals surface area contributed by atoms with Gasteiger partial charge in [-0.3, -0.25) is 9.59 Å². The first-order valence-corrected chi connectivity index (χ1v) is 9.60. The highest BCUT2D eigenvalue weighted by molar-refractivity contribution is 8.15. The number of nitrogens with one attached hydrogen (secondary N) is 1. The average molecular weight is 427 g/mol. The van der Waals surface area contributed by atoms with Crippen molar-refractivity contribution in [2.24, 2.45) is 10.2 Å². The Hall–Kier alpha value is -3.66. The van der Waals surface area contributed by atoms with Crippen LogP contribution in [0.25, 0.3) is 0 Å². The van der Waals surface area contributed by atoms with E-state index in [1.807, 2.05) is 0 Å². The van der Waals surface area contributed by atoms with Crippen LogP contribution in [-0.2, 0) is 9.59 Å². The van der Waals surface area contributed by atoms with Crippen LogP contribution in [0, 0.1) is 0 Å². The zero-order chi connectivity index (χ0) is 21.5. The van der Waals surface area contributed by atoms with Gasteiger partial charge in [-0.05, 0) is 35.9 Å². The Morgan fingerprint density at radius 1 is 1.20 bits per heavy atom. The van der Waals surface area contributed by atoms with Crippen molar-refractivity contribution in [3.8, 4) is 11.5 Å². The predicted molar refractivity (Wildman–Crippen MR) is 111 cm³/mol. The van der Waals surface area contributed by atoms with Gasteiger partial charge in [-0.15, -0.1) is 5.10 Å². The highest BCUT2D eigenvalue weighted by Crippen LogP contribution is 2.28. The van der Waals surface area contributed by atoms with Crippen molar-refractivity contribution in [1.29, 1.82) is 0 Å². The van der Waals surface area contributed by atoms with Crippen LogP contribution in [0.1, 0.15) is 22.3 Å². The molecule has 0 radical (unpaired) electrons. The first-order chi connectivity index (χ1) is 14.5. The Kier molecular flexibility index (Phi) is 6.81. The summed E-state index contributed by atoms with van der Waals surface area (Å²) < 4.78 is 10.7. The second-order valence-electron chi connectivity index (χ2n) is 6.01. The van der Waals surface area contributed by atoms with Crippen molar-refractivity contribution in [1.82, 2.24) is 5.32 Å². The van der Waals surface area contributed by atoms with Crippen LogP contribution in [0.15, 0.2) is 58.7 Å². The first-order valence-electron chi connectivity index (χ1n) is 8.72. The molecule has 0 spiro atoms. The van der Waals surface area contributed by atoms with Gasteiger partial charge in [-0.2, -0.15) is 5.10 Å². The van der Waals surface area contributed by atoms with Crippen LogP contribution in [0.5, 0.6) is 11.5 Å². The lowest BCUT2D eigenvalue weighted by Gasteiger charge is -2.09. The van der Waals surface area contributed by atoms with Crippen LogP contribution in [-0.4, -0.2) is 46.7 Å². The van der Waals surface area contributed by atoms with Crippen LogP contribution in [0.4, 0.5) is 0 Å². The number of thioether (sulfide) groups is 1. The number of esters is 1. The van der Waals surface area contributed by atoms with Gasteiger partial charge in [0.15, 0.2) is 16.7 Å². The normalized spacial score (nSPS) is 17.2. The number of carbonyl (C=O) groups excluding carboxylic acids is 2. The fourth-order valence-electron chi connectivity index (χ4n) is 2.47. The molecule has 1 amide bonds. The van der Waals surface area contributed by atoms with Gasteiger partial charge in [0, 0.05) is 0 Å². The monoisotopic (exact) mass is 427 g/mol. The summed E-state index contributed by atoms with van der Waals surface area (Å²) in [6, 6.07) is 13.4. The van der Waals surface area contributed by atoms with Gasteiger partial charge in [0.1, 0.15) is 5.25 Å². The molecule has 3 rings (SSSR count). The number of methoxy groups -OCH3 is 1. The molecule has 10 heteroatoms. The van der Waals surface area contributed by atoms with Gasteiger partial charge in [-0.25, -0.2) is 4.79 Å². The number of carboxylic acid groups (broad SMARTS) is 1. The number of amidine groups is 1. The summed E-state index contributed by atoms with van der Waals surface area (Å²) in [4.78, 5) is 34.6. The standard InChI is InChI=1S/C20H17N3O6S/c1-28-15-9-12(7-8-14(15)29-19(27)13-5-3-2-4-6-13)11-21-23-20-22-18(26)16(30-20)10-17(24)25/h2-9,11,16H,10H2,1H3,(H,24,25)(H,22,23,26)/b21-11-/t16-/m0/s1. The maximum absolute atomic E-state index is 12.2. The molecule has 2 N–H and O–H groups in total. The second kappa shape index (κ2) is 9.70. The highest BCUT2D eigenvalue weighted by Gasteiger charge is 2.32. The molecular weight excluding hydrogens is 410 g/mol. The van der Waals surface area contributed by atoms with E-state index in [0.717, 1.165) is 11.8 Å². The van der Waals surface area contributed by atoms with Crippen molar-refractivity contribution >= 4 is 41.0 Å². The summed E-state index contributed by atoms with van der Waals surface area (Å²) >= 11 is 1.01. The van der Waals surface area contributed by atoms with Gasteiger partial charge < -0.3 is 19.9 Å². The number of hydrogen-bond acceptors (Lipinski definition) is 8. The van der Waals surface area contributed by atoms with Crippen LogP contribution < -0.4 is 14.8 Å². The largest absolute Gasteiger partial charge is 0.493 e. The van der Waals surface area contributed by atoms with Crippen molar-refractivity contribution in [2.75, 3.05) is 7.11 Å². The van der Waals surface area contributed by atoms with Crippen molar-refractivity contribution in [3.63, 3.8) is 0 Å². The fraction of sp³-hybridized carbons (Fsp3) is 0.150. The summed E-state index contributed by atoms with van der Waals surface area (Å²) in [6.07, 6.45) is 1.13. The zero-order valence-corrected chi connectivity index (χ0v) is 16.6. The number of benzene rings is 2. The molecule has 1 aliphatic rings. The van der Waals surface area contributed by atoms with E-state index in [1.165, 1.54) is 13.3 Å². The molecule has 0 unspecified atom stereocenters. The Bertz CT molecular complexity index is 1020. The van der Waals surface area contributed by atoms with E-state index >= 15 is 0 Å². The van der Waals surface area contributed by atoms with Crippen LogP contribution >= 0.6 is 11.8 Å². The summed E-state index contributed by atoms with van der Waals surface area (Å²) in [5.41, 5.74) is 1.03. The average Bonchev–Trinajstić information content (AvgIpc) is 3.08. The van der Waals surface area contributed by atoms with Crippen LogP contribution in [0.2, 0.25) is 0 Å². The first kappa shape index (κ1) is 21.1. The number of aliphatic carboxylic acids is 1. The number of nitrogens with zero attached hydrogens (tertiary/aromatic N) is 2. The zero-order valence-electron chi connectivity index (χ0n) is 15.8. The quantitative estimate of drug-likeness (QED) is 0.300. The number of ether oxygens (including phenoxy) is 2. The summed E-state index contributed by atoms with van der Waals surface area (Å²) in [5.74, 6) is -1.40. The fourth-order valence-corrected chi connectivity index (χ4v) is 3.39. The Labute approximate surface area is 175 Å². The second-order valence-corrected chi connectivity index (χ2v) is 7.20. The number of carboxylic acids is 1. The van der Waals surface area contributed by atoms with Gasteiger partial charge in [-0.1, -0.05) is 30.0 Å². The minimum Gasteiger partial charge on any atom is -0.493 e. The van der Waals surface area contributed by atoms with Crippen molar-refractivity contribution < 1.29 is 29.0 Å². The van der Waals surface area contributed by atoms with E-state index in [-0.39, 0.29) is 17.3 Å².